The highest BCUT2D eigenvalue weighted by molar-refractivity contribution is 5.96. The molecule has 1 saturated heterocycles. The molecule has 0 radical (unpaired) electrons. The van der Waals surface area contributed by atoms with Gasteiger partial charge in [0.2, 0.25) is 0 Å². The molecule has 1 aromatic rings. The fourth-order valence-electron chi connectivity index (χ4n) is 2.03. The number of morpholine rings is 1. The Morgan fingerprint density at radius 1 is 1.57 bits per heavy atom. The van der Waals surface area contributed by atoms with Gasteiger partial charge in [-0.2, -0.15) is 5.26 Å². The molecule has 1 aromatic carbocycles. The van der Waals surface area contributed by atoms with Gasteiger partial charge in [-0.3, -0.25) is 4.79 Å². The van der Waals surface area contributed by atoms with E-state index in [0.717, 1.165) is 6.07 Å². The second kappa shape index (κ2) is 6.85. The standard InChI is InChI=1S/C15H14FN3O2/c16-12-4-3-11(2-1-5-17)14(8-12)15(20)19-6-7-21-13(9-18)10-19/h3-4,8,13H,5-7,10,17H2. The Bertz CT molecular complexity index is 643. The number of nitrogens with zero attached hydrogens (tertiary/aromatic N) is 2. The highest BCUT2D eigenvalue weighted by Gasteiger charge is 2.26. The highest BCUT2D eigenvalue weighted by Crippen LogP contribution is 2.15. The number of ether oxygens (including phenoxy) is 1. The Hall–Kier alpha value is -2.41. The number of rotatable bonds is 1. The van der Waals surface area contributed by atoms with Crippen LogP contribution in [0.3, 0.4) is 0 Å². The monoisotopic (exact) mass is 287 g/mol. The Morgan fingerprint density at radius 3 is 3.10 bits per heavy atom. The van der Waals surface area contributed by atoms with Gasteiger partial charge in [-0.25, -0.2) is 4.39 Å². The van der Waals surface area contributed by atoms with Gasteiger partial charge in [0.25, 0.3) is 5.91 Å². The van der Waals surface area contributed by atoms with E-state index in [2.05, 4.69) is 11.8 Å². The van der Waals surface area contributed by atoms with Crippen LogP contribution in [0.2, 0.25) is 0 Å². The van der Waals surface area contributed by atoms with Gasteiger partial charge >= 0.3 is 0 Å². The van der Waals surface area contributed by atoms with Crippen LogP contribution in [0.25, 0.3) is 0 Å². The first-order valence-electron chi connectivity index (χ1n) is 6.44. The first kappa shape index (κ1) is 15.0. The summed E-state index contributed by atoms with van der Waals surface area (Å²) < 4.78 is 18.6. The molecule has 0 aromatic heterocycles. The van der Waals surface area contributed by atoms with E-state index in [1.807, 2.05) is 6.07 Å². The van der Waals surface area contributed by atoms with Gasteiger partial charge in [-0.1, -0.05) is 11.8 Å². The molecule has 1 fully saturated rings. The van der Waals surface area contributed by atoms with Crippen LogP contribution in [-0.2, 0) is 4.74 Å². The van der Waals surface area contributed by atoms with Crippen molar-refractivity contribution in [1.29, 1.82) is 5.26 Å². The summed E-state index contributed by atoms with van der Waals surface area (Å²) in [7, 11) is 0. The molecular formula is C15H14FN3O2. The number of carbonyl (C=O) groups is 1. The maximum absolute atomic E-state index is 13.4. The maximum Gasteiger partial charge on any atom is 0.255 e. The van der Waals surface area contributed by atoms with E-state index < -0.39 is 11.9 Å². The summed E-state index contributed by atoms with van der Waals surface area (Å²) in [5, 5.41) is 8.87. The Morgan fingerprint density at radius 2 is 2.38 bits per heavy atom. The average Bonchev–Trinajstić information content (AvgIpc) is 2.53. The van der Waals surface area contributed by atoms with Crippen LogP contribution in [-0.4, -0.2) is 43.2 Å². The van der Waals surface area contributed by atoms with Crippen molar-refractivity contribution in [3.63, 3.8) is 0 Å². The van der Waals surface area contributed by atoms with Gasteiger partial charge < -0.3 is 15.4 Å². The van der Waals surface area contributed by atoms with Crippen LogP contribution in [0, 0.1) is 29.0 Å². The zero-order valence-electron chi connectivity index (χ0n) is 11.3. The molecule has 1 heterocycles. The van der Waals surface area contributed by atoms with E-state index >= 15 is 0 Å². The van der Waals surface area contributed by atoms with Crippen molar-refractivity contribution in [1.82, 2.24) is 4.90 Å². The van der Waals surface area contributed by atoms with E-state index in [0.29, 0.717) is 12.1 Å². The second-order valence-corrected chi connectivity index (χ2v) is 4.44. The van der Waals surface area contributed by atoms with Gasteiger partial charge in [0.15, 0.2) is 6.10 Å². The fourth-order valence-corrected chi connectivity index (χ4v) is 2.03. The molecule has 6 heteroatoms. The van der Waals surface area contributed by atoms with Gasteiger partial charge in [-0.15, -0.1) is 0 Å². The normalized spacial score (nSPS) is 17.6. The van der Waals surface area contributed by atoms with Crippen LogP contribution in [0.15, 0.2) is 18.2 Å². The number of hydrogen-bond donors (Lipinski definition) is 1. The first-order valence-corrected chi connectivity index (χ1v) is 6.44. The molecule has 1 unspecified atom stereocenters. The van der Waals surface area contributed by atoms with E-state index in [9.17, 15) is 9.18 Å². The van der Waals surface area contributed by atoms with Crippen molar-refractivity contribution in [3.8, 4) is 17.9 Å². The summed E-state index contributed by atoms with van der Waals surface area (Å²) >= 11 is 0. The molecule has 5 nitrogen and oxygen atoms in total. The second-order valence-electron chi connectivity index (χ2n) is 4.44. The Kier molecular flexibility index (Phi) is 4.89. The number of amides is 1. The summed E-state index contributed by atoms with van der Waals surface area (Å²) in [5.41, 5.74) is 5.91. The van der Waals surface area contributed by atoms with E-state index in [4.69, 9.17) is 15.7 Å². The van der Waals surface area contributed by atoms with Gasteiger partial charge in [0.05, 0.1) is 31.3 Å². The molecule has 2 N–H and O–H groups in total. The molecule has 0 aliphatic carbocycles. The summed E-state index contributed by atoms with van der Waals surface area (Å²) in [4.78, 5) is 14.0. The summed E-state index contributed by atoms with van der Waals surface area (Å²) in [6.07, 6.45) is -0.658. The zero-order chi connectivity index (χ0) is 15.2. The lowest BCUT2D eigenvalue weighted by Crippen LogP contribution is -2.45. The first-order chi connectivity index (χ1) is 10.2. The molecule has 0 saturated carbocycles. The third-order valence-corrected chi connectivity index (χ3v) is 3.03. The molecule has 0 bridgehead atoms. The molecule has 21 heavy (non-hydrogen) atoms. The third-order valence-electron chi connectivity index (χ3n) is 3.03. The van der Waals surface area contributed by atoms with Crippen LogP contribution in [0.5, 0.6) is 0 Å². The van der Waals surface area contributed by atoms with E-state index in [1.165, 1.54) is 17.0 Å². The van der Waals surface area contributed by atoms with Crippen molar-refractivity contribution in [2.45, 2.75) is 6.10 Å². The van der Waals surface area contributed by atoms with Gasteiger partial charge in [-0.05, 0) is 18.2 Å². The quantitative estimate of drug-likeness (QED) is 0.763. The molecule has 108 valence electrons. The van der Waals surface area contributed by atoms with Crippen molar-refractivity contribution < 1.29 is 13.9 Å². The number of nitrogens with two attached hydrogens (primary N) is 1. The molecule has 1 aliphatic rings. The summed E-state index contributed by atoms with van der Waals surface area (Å²) in [6.45, 7) is 0.953. The van der Waals surface area contributed by atoms with Crippen molar-refractivity contribution in [3.05, 3.63) is 35.1 Å². The average molecular weight is 287 g/mol. The van der Waals surface area contributed by atoms with Crippen molar-refractivity contribution in [2.75, 3.05) is 26.2 Å². The van der Waals surface area contributed by atoms with Crippen molar-refractivity contribution >= 4 is 5.91 Å². The Balaban J connectivity index is 2.30. The number of carbonyl (C=O) groups excluding carboxylic acids is 1. The minimum atomic E-state index is -0.658. The largest absolute Gasteiger partial charge is 0.360 e. The molecule has 1 amide bonds. The van der Waals surface area contributed by atoms with E-state index in [-0.39, 0.29) is 31.2 Å². The van der Waals surface area contributed by atoms with E-state index in [1.54, 1.807) is 0 Å². The number of halogens is 1. The summed E-state index contributed by atoms with van der Waals surface area (Å²) in [6, 6.07) is 5.81. The molecule has 2 rings (SSSR count). The topological polar surface area (TPSA) is 79.4 Å². The lowest BCUT2D eigenvalue weighted by Gasteiger charge is -2.30. The van der Waals surface area contributed by atoms with Gasteiger partial charge in [0.1, 0.15) is 5.82 Å². The lowest BCUT2D eigenvalue weighted by atomic mass is 10.1. The van der Waals surface area contributed by atoms with Crippen LogP contribution < -0.4 is 5.73 Å². The van der Waals surface area contributed by atoms with Crippen LogP contribution in [0.1, 0.15) is 15.9 Å². The maximum atomic E-state index is 13.4. The highest BCUT2D eigenvalue weighted by atomic mass is 19.1. The molecule has 1 atom stereocenters. The Labute approximate surface area is 122 Å². The van der Waals surface area contributed by atoms with Crippen LogP contribution in [0.4, 0.5) is 4.39 Å². The molecular weight excluding hydrogens is 273 g/mol. The minimum Gasteiger partial charge on any atom is -0.360 e. The minimum absolute atomic E-state index is 0.152. The van der Waals surface area contributed by atoms with Gasteiger partial charge in [0, 0.05) is 12.1 Å². The zero-order valence-corrected chi connectivity index (χ0v) is 11.3. The predicted molar refractivity (Wildman–Crippen MR) is 73.6 cm³/mol. The number of benzene rings is 1. The smallest absolute Gasteiger partial charge is 0.255 e. The SMILES string of the molecule is N#CC1CN(C(=O)c2cc(F)ccc2C#CCN)CCO1. The number of nitriles is 1. The van der Waals surface area contributed by atoms with Crippen LogP contribution >= 0.6 is 0 Å². The predicted octanol–water partition coefficient (Wildman–Crippen LogP) is 0.500. The molecule has 1 aliphatic heterocycles. The number of hydrogen-bond acceptors (Lipinski definition) is 4. The fraction of sp³-hybridized carbons (Fsp3) is 0.333. The third kappa shape index (κ3) is 3.57. The molecule has 0 spiro atoms. The van der Waals surface area contributed by atoms with Crippen molar-refractivity contribution in [2.24, 2.45) is 5.73 Å². The lowest BCUT2D eigenvalue weighted by molar-refractivity contribution is 0.00343. The summed E-state index contributed by atoms with van der Waals surface area (Å²) in [5.74, 6) is 4.54.